The minimum Gasteiger partial charge on any atom is -0.320 e. The van der Waals surface area contributed by atoms with E-state index in [2.05, 4.69) is 21.5 Å². The molecule has 0 aliphatic carbocycles. The van der Waals surface area contributed by atoms with Crippen LogP contribution < -0.4 is 10.5 Å². The molecule has 0 saturated heterocycles. The highest BCUT2D eigenvalue weighted by Crippen LogP contribution is 2.08. The molecule has 0 aliphatic rings. The third kappa shape index (κ3) is 5.66. The molecule has 0 aromatic carbocycles. The van der Waals surface area contributed by atoms with Gasteiger partial charge in [0.25, 0.3) is 0 Å². The van der Waals surface area contributed by atoms with E-state index >= 15 is 0 Å². The van der Waals surface area contributed by atoms with E-state index in [1.165, 1.54) is 12.3 Å². The lowest BCUT2D eigenvalue weighted by atomic mass is 10.3. The number of aromatic nitrogens is 1. The monoisotopic (exact) mass is 317 g/mol. The minimum atomic E-state index is -3.81. The summed E-state index contributed by atoms with van der Waals surface area (Å²) in [6.45, 7) is -0.0382. The molecule has 9 heteroatoms. The molecule has 0 aliphatic heterocycles. The first kappa shape index (κ1) is 16.6. The van der Waals surface area contributed by atoms with Crippen molar-refractivity contribution in [1.29, 1.82) is 0 Å². The van der Waals surface area contributed by atoms with E-state index in [-0.39, 0.29) is 23.7 Å². The first-order valence-corrected chi connectivity index (χ1v) is 9.10. The highest BCUT2D eigenvalue weighted by atomic mass is 32.2. The first-order valence-electron chi connectivity index (χ1n) is 5.56. The maximum absolute atomic E-state index is 11.9. The lowest BCUT2D eigenvalue weighted by molar-refractivity contribution is 0.581. The van der Waals surface area contributed by atoms with Crippen molar-refractivity contribution in [2.45, 2.75) is 4.90 Å². The number of sulfone groups is 1. The van der Waals surface area contributed by atoms with Gasteiger partial charge >= 0.3 is 0 Å². The van der Waals surface area contributed by atoms with Crippen molar-refractivity contribution in [3.63, 3.8) is 0 Å². The van der Waals surface area contributed by atoms with Crippen LogP contribution in [0.15, 0.2) is 23.4 Å². The Morgan fingerprint density at radius 1 is 1.30 bits per heavy atom. The van der Waals surface area contributed by atoms with E-state index in [9.17, 15) is 16.8 Å². The fourth-order valence-corrected chi connectivity index (χ4v) is 2.85. The topological polar surface area (TPSA) is 119 Å². The van der Waals surface area contributed by atoms with E-state index in [4.69, 9.17) is 5.73 Å². The van der Waals surface area contributed by atoms with Gasteiger partial charge in [0, 0.05) is 30.8 Å². The minimum absolute atomic E-state index is 0.0742. The molecule has 7 nitrogen and oxygen atoms in total. The molecule has 0 atom stereocenters. The van der Waals surface area contributed by atoms with Crippen LogP contribution in [0.2, 0.25) is 0 Å². The number of pyridine rings is 1. The van der Waals surface area contributed by atoms with Gasteiger partial charge in [0.2, 0.25) is 10.0 Å². The summed E-state index contributed by atoms with van der Waals surface area (Å²) >= 11 is 0. The highest BCUT2D eigenvalue weighted by Gasteiger charge is 2.15. The van der Waals surface area contributed by atoms with Crippen LogP contribution in [0.1, 0.15) is 5.56 Å². The number of nitrogens with zero attached hydrogens (tertiary/aromatic N) is 1. The van der Waals surface area contributed by atoms with Gasteiger partial charge in [-0.1, -0.05) is 11.8 Å². The molecule has 1 aromatic rings. The number of nitrogens with one attached hydrogen (secondary N) is 1. The second-order valence-corrected chi connectivity index (χ2v) is 7.97. The number of nitrogens with two attached hydrogens (primary N) is 1. The zero-order chi connectivity index (χ0) is 15.2. The molecule has 0 fully saturated rings. The van der Waals surface area contributed by atoms with E-state index in [0.717, 1.165) is 12.5 Å². The quantitative estimate of drug-likeness (QED) is 0.653. The summed E-state index contributed by atoms with van der Waals surface area (Å²) in [6.07, 6.45) is 3.61. The van der Waals surface area contributed by atoms with Gasteiger partial charge < -0.3 is 5.73 Å². The number of hydrogen-bond acceptors (Lipinski definition) is 6. The standard InChI is InChI=1S/C11H15N3O4S2/c1-19(15,16)6-5-14-20(17,18)11-7-10(3-2-4-12)8-13-9-11/h7-9,14H,4-6,12H2,1H3. The lowest BCUT2D eigenvalue weighted by Crippen LogP contribution is -2.29. The molecular weight excluding hydrogens is 302 g/mol. The van der Waals surface area contributed by atoms with Crippen molar-refractivity contribution in [3.8, 4) is 11.8 Å². The van der Waals surface area contributed by atoms with E-state index < -0.39 is 19.9 Å². The third-order valence-electron chi connectivity index (χ3n) is 2.12. The molecule has 0 unspecified atom stereocenters. The van der Waals surface area contributed by atoms with Crippen molar-refractivity contribution in [1.82, 2.24) is 9.71 Å². The summed E-state index contributed by atoms with van der Waals surface area (Å²) in [5, 5.41) is 0. The fourth-order valence-electron chi connectivity index (χ4n) is 1.23. The molecule has 1 rings (SSSR count). The molecule has 0 saturated carbocycles. The molecule has 0 spiro atoms. The van der Waals surface area contributed by atoms with E-state index in [1.54, 1.807) is 0 Å². The van der Waals surface area contributed by atoms with Crippen molar-refractivity contribution < 1.29 is 16.8 Å². The lowest BCUT2D eigenvalue weighted by Gasteiger charge is -2.05. The Hall–Kier alpha value is -1.47. The van der Waals surface area contributed by atoms with Crippen LogP contribution in [0, 0.1) is 11.8 Å². The zero-order valence-electron chi connectivity index (χ0n) is 10.8. The van der Waals surface area contributed by atoms with Crippen molar-refractivity contribution in [2.24, 2.45) is 5.73 Å². The first-order chi connectivity index (χ1) is 9.24. The van der Waals surface area contributed by atoms with E-state index in [0.29, 0.717) is 5.56 Å². The molecule has 0 bridgehead atoms. The highest BCUT2D eigenvalue weighted by molar-refractivity contribution is 7.91. The molecular formula is C11H15N3O4S2. The number of sulfonamides is 1. The Balaban J connectivity index is 2.87. The summed E-state index contributed by atoms with van der Waals surface area (Å²) in [7, 11) is -7.03. The van der Waals surface area contributed by atoms with Crippen LogP contribution in [0.25, 0.3) is 0 Å². The van der Waals surface area contributed by atoms with Gasteiger partial charge in [-0.3, -0.25) is 4.98 Å². The van der Waals surface area contributed by atoms with Gasteiger partial charge in [-0.2, -0.15) is 0 Å². The van der Waals surface area contributed by atoms with Crippen LogP contribution in [-0.2, 0) is 19.9 Å². The van der Waals surface area contributed by atoms with E-state index in [1.807, 2.05) is 0 Å². The molecule has 0 amide bonds. The van der Waals surface area contributed by atoms with Crippen LogP contribution in [0.4, 0.5) is 0 Å². The number of hydrogen-bond donors (Lipinski definition) is 2. The SMILES string of the molecule is CS(=O)(=O)CCNS(=O)(=O)c1cncc(C#CCN)c1. The molecule has 0 radical (unpaired) electrons. The third-order valence-corrected chi connectivity index (χ3v) is 4.50. The summed E-state index contributed by atoms with van der Waals surface area (Å²) in [4.78, 5) is 3.71. The van der Waals surface area contributed by atoms with Gasteiger partial charge in [0.1, 0.15) is 14.7 Å². The van der Waals surface area contributed by atoms with Crippen molar-refractivity contribution in [3.05, 3.63) is 24.0 Å². The molecule has 1 heterocycles. The normalized spacial score (nSPS) is 11.7. The molecule has 20 heavy (non-hydrogen) atoms. The van der Waals surface area contributed by atoms with Gasteiger partial charge in [0.15, 0.2) is 0 Å². The van der Waals surface area contributed by atoms with Gasteiger partial charge in [-0.05, 0) is 6.07 Å². The summed E-state index contributed by atoms with van der Waals surface area (Å²) in [6, 6.07) is 1.35. The fraction of sp³-hybridized carbons (Fsp3) is 0.364. The van der Waals surface area contributed by atoms with Crippen LogP contribution in [0.3, 0.4) is 0 Å². The second-order valence-electron chi connectivity index (χ2n) is 3.94. The Bertz CT molecular complexity index is 730. The molecule has 3 N–H and O–H groups in total. The maximum Gasteiger partial charge on any atom is 0.242 e. The van der Waals surface area contributed by atoms with Crippen LogP contribution in [-0.4, -0.2) is 46.9 Å². The Labute approximate surface area is 118 Å². The molecule has 110 valence electrons. The summed E-state index contributed by atoms with van der Waals surface area (Å²) in [5.74, 6) is 4.99. The predicted molar refractivity (Wildman–Crippen MR) is 75.1 cm³/mol. The Morgan fingerprint density at radius 2 is 2.00 bits per heavy atom. The smallest absolute Gasteiger partial charge is 0.242 e. The Kier molecular flexibility index (Phi) is 5.64. The van der Waals surface area contributed by atoms with Crippen LogP contribution >= 0.6 is 0 Å². The number of rotatable bonds is 5. The van der Waals surface area contributed by atoms with Gasteiger partial charge in [-0.15, -0.1) is 0 Å². The van der Waals surface area contributed by atoms with Crippen molar-refractivity contribution in [2.75, 3.05) is 25.1 Å². The average Bonchev–Trinajstić information content (AvgIpc) is 2.35. The Morgan fingerprint density at radius 3 is 2.60 bits per heavy atom. The van der Waals surface area contributed by atoms with Crippen LogP contribution in [0.5, 0.6) is 0 Å². The summed E-state index contributed by atoms with van der Waals surface area (Å²) in [5.41, 5.74) is 5.64. The second kappa shape index (κ2) is 6.81. The predicted octanol–water partition coefficient (Wildman–Crippen LogP) is -1.29. The van der Waals surface area contributed by atoms with Gasteiger partial charge in [-0.25, -0.2) is 21.6 Å². The van der Waals surface area contributed by atoms with Gasteiger partial charge in [0.05, 0.1) is 12.3 Å². The maximum atomic E-state index is 11.9. The largest absolute Gasteiger partial charge is 0.320 e. The van der Waals surface area contributed by atoms with Crippen molar-refractivity contribution >= 4 is 19.9 Å². The summed E-state index contributed by atoms with van der Waals surface area (Å²) < 4.78 is 47.9. The zero-order valence-corrected chi connectivity index (χ0v) is 12.5. The average molecular weight is 317 g/mol. The molecule has 1 aromatic heterocycles.